The number of likely N-dealkylation sites (tertiary alicyclic amines) is 1. The number of phenols is 1. The molecular formula is C20H27N3O4. The van der Waals surface area contributed by atoms with E-state index < -0.39 is 5.91 Å². The maximum absolute atomic E-state index is 12.9. The number of phenolic OH excluding ortho intramolecular Hbond substituents is 1. The smallest absolute Gasteiger partial charge is 0.257 e. The van der Waals surface area contributed by atoms with E-state index in [9.17, 15) is 19.5 Å². The van der Waals surface area contributed by atoms with E-state index in [1.807, 2.05) is 13.8 Å². The molecule has 27 heavy (non-hydrogen) atoms. The van der Waals surface area contributed by atoms with Crippen molar-refractivity contribution in [2.75, 3.05) is 25.0 Å². The molecule has 0 aliphatic carbocycles. The van der Waals surface area contributed by atoms with Crippen molar-refractivity contribution in [3.63, 3.8) is 0 Å². The lowest BCUT2D eigenvalue weighted by Gasteiger charge is -2.33. The number of hydrogen-bond acceptors (Lipinski definition) is 4. The van der Waals surface area contributed by atoms with Gasteiger partial charge in [-0.3, -0.25) is 14.4 Å². The fourth-order valence-electron chi connectivity index (χ4n) is 3.01. The number of carbonyl (C=O) groups excluding carboxylic acids is 3. The SMILES string of the molecule is C=CC(=O)Nc1ccc(O)c(C(=O)N2CCCC(CNC(=O)C(C)C)C2)c1. The highest BCUT2D eigenvalue weighted by atomic mass is 16.3. The van der Waals surface area contributed by atoms with Crippen molar-refractivity contribution in [2.24, 2.45) is 11.8 Å². The minimum absolute atomic E-state index is 0.00163. The second-order valence-electron chi connectivity index (χ2n) is 7.08. The van der Waals surface area contributed by atoms with Crippen molar-refractivity contribution < 1.29 is 19.5 Å². The summed E-state index contributed by atoms with van der Waals surface area (Å²) in [7, 11) is 0. The van der Waals surface area contributed by atoms with Gasteiger partial charge in [0, 0.05) is 31.2 Å². The molecular weight excluding hydrogens is 346 g/mol. The molecule has 1 heterocycles. The quantitative estimate of drug-likeness (QED) is 0.525. The van der Waals surface area contributed by atoms with Crippen LogP contribution in [-0.4, -0.2) is 47.4 Å². The first-order valence-electron chi connectivity index (χ1n) is 9.15. The van der Waals surface area contributed by atoms with Crippen LogP contribution in [0.25, 0.3) is 0 Å². The van der Waals surface area contributed by atoms with Crippen LogP contribution in [0.15, 0.2) is 30.9 Å². The van der Waals surface area contributed by atoms with Crippen LogP contribution in [-0.2, 0) is 9.59 Å². The highest BCUT2D eigenvalue weighted by Crippen LogP contribution is 2.25. The van der Waals surface area contributed by atoms with Crippen molar-refractivity contribution in [1.29, 1.82) is 0 Å². The molecule has 0 spiro atoms. The summed E-state index contributed by atoms with van der Waals surface area (Å²) in [6.45, 7) is 8.71. The number of hydrogen-bond donors (Lipinski definition) is 3. The van der Waals surface area contributed by atoms with Crippen LogP contribution in [0.1, 0.15) is 37.0 Å². The van der Waals surface area contributed by atoms with Crippen LogP contribution in [0.3, 0.4) is 0 Å². The Morgan fingerprint density at radius 3 is 2.78 bits per heavy atom. The largest absolute Gasteiger partial charge is 0.507 e. The van der Waals surface area contributed by atoms with Crippen molar-refractivity contribution in [3.05, 3.63) is 36.4 Å². The average Bonchev–Trinajstić information content (AvgIpc) is 2.67. The van der Waals surface area contributed by atoms with Crippen LogP contribution >= 0.6 is 0 Å². The number of rotatable bonds is 6. The summed E-state index contributed by atoms with van der Waals surface area (Å²) >= 11 is 0. The molecule has 1 saturated heterocycles. The lowest BCUT2D eigenvalue weighted by Crippen LogP contribution is -2.44. The highest BCUT2D eigenvalue weighted by Gasteiger charge is 2.26. The van der Waals surface area contributed by atoms with E-state index in [1.54, 1.807) is 4.90 Å². The standard InChI is InChI=1S/C20H27N3O4/c1-4-18(25)22-15-7-8-17(24)16(10-15)20(27)23-9-5-6-14(12-23)11-21-19(26)13(2)3/h4,7-8,10,13-14,24H,1,5-6,9,11-12H2,2-3H3,(H,21,26)(H,22,25). The predicted molar refractivity (Wildman–Crippen MR) is 103 cm³/mol. The van der Waals surface area contributed by atoms with Gasteiger partial charge in [0.05, 0.1) is 5.56 Å². The Hall–Kier alpha value is -2.83. The maximum atomic E-state index is 12.9. The molecule has 7 nitrogen and oxygen atoms in total. The monoisotopic (exact) mass is 373 g/mol. The normalized spacial score (nSPS) is 16.7. The van der Waals surface area contributed by atoms with E-state index in [0.717, 1.165) is 18.9 Å². The molecule has 1 aromatic carbocycles. The van der Waals surface area contributed by atoms with E-state index in [0.29, 0.717) is 25.3 Å². The molecule has 1 aliphatic rings. The van der Waals surface area contributed by atoms with Gasteiger partial charge in [0.2, 0.25) is 11.8 Å². The summed E-state index contributed by atoms with van der Waals surface area (Å²) in [6, 6.07) is 4.37. The van der Waals surface area contributed by atoms with E-state index in [-0.39, 0.29) is 35.0 Å². The van der Waals surface area contributed by atoms with E-state index >= 15 is 0 Å². The predicted octanol–water partition coefficient (Wildman–Crippen LogP) is 2.14. The Morgan fingerprint density at radius 2 is 2.11 bits per heavy atom. The number of nitrogens with zero attached hydrogens (tertiary/aromatic N) is 1. The summed E-state index contributed by atoms with van der Waals surface area (Å²) in [4.78, 5) is 37.7. The van der Waals surface area contributed by atoms with Gasteiger partial charge >= 0.3 is 0 Å². The van der Waals surface area contributed by atoms with Crippen LogP contribution < -0.4 is 10.6 Å². The molecule has 2 rings (SSSR count). The zero-order valence-corrected chi connectivity index (χ0v) is 15.8. The second-order valence-corrected chi connectivity index (χ2v) is 7.08. The molecule has 146 valence electrons. The first kappa shape index (κ1) is 20.5. The molecule has 0 saturated carbocycles. The number of benzene rings is 1. The van der Waals surface area contributed by atoms with Gasteiger partial charge in [0.25, 0.3) is 5.91 Å². The van der Waals surface area contributed by atoms with E-state index in [2.05, 4.69) is 17.2 Å². The summed E-state index contributed by atoms with van der Waals surface area (Å²) in [6.07, 6.45) is 2.90. The second kappa shape index (κ2) is 9.21. The number of carbonyl (C=O) groups is 3. The molecule has 0 bridgehead atoms. The summed E-state index contributed by atoms with van der Waals surface area (Å²) in [5, 5.41) is 15.6. The van der Waals surface area contributed by atoms with Gasteiger partial charge in [-0.25, -0.2) is 0 Å². The fourth-order valence-corrected chi connectivity index (χ4v) is 3.01. The van der Waals surface area contributed by atoms with Crippen molar-refractivity contribution in [1.82, 2.24) is 10.2 Å². The Bertz CT molecular complexity index is 730. The van der Waals surface area contributed by atoms with E-state index in [4.69, 9.17) is 0 Å². The van der Waals surface area contributed by atoms with Gasteiger partial charge in [0.15, 0.2) is 0 Å². The summed E-state index contributed by atoms with van der Waals surface area (Å²) in [5.74, 6) is -0.707. The molecule has 1 aliphatic heterocycles. The van der Waals surface area contributed by atoms with Crippen molar-refractivity contribution in [3.8, 4) is 5.75 Å². The Labute approximate surface area is 159 Å². The number of anilines is 1. The summed E-state index contributed by atoms with van der Waals surface area (Å²) in [5.41, 5.74) is 0.558. The summed E-state index contributed by atoms with van der Waals surface area (Å²) < 4.78 is 0. The van der Waals surface area contributed by atoms with Gasteiger partial charge in [0.1, 0.15) is 5.75 Å². The van der Waals surface area contributed by atoms with Gasteiger partial charge in [-0.1, -0.05) is 20.4 Å². The molecule has 0 radical (unpaired) electrons. The highest BCUT2D eigenvalue weighted by molar-refractivity contribution is 6.02. The first-order valence-corrected chi connectivity index (χ1v) is 9.15. The van der Waals surface area contributed by atoms with Gasteiger partial charge in [-0.15, -0.1) is 0 Å². The average molecular weight is 373 g/mol. The lowest BCUT2D eigenvalue weighted by atomic mass is 9.97. The van der Waals surface area contributed by atoms with Gasteiger partial charge in [-0.05, 0) is 43.0 Å². The zero-order valence-electron chi connectivity index (χ0n) is 15.8. The third-order valence-electron chi connectivity index (χ3n) is 4.58. The molecule has 7 heteroatoms. The van der Waals surface area contributed by atoms with Crippen LogP contribution in [0.4, 0.5) is 5.69 Å². The Morgan fingerprint density at radius 1 is 1.37 bits per heavy atom. The molecule has 1 atom stereocenters. The minimum Gasteiger partial charge on any atom is -0.507 e. The minimum atomic E-state index is -0.391. The fraction of sp³-hybridized carbons (Fsp3) is 0.450. The molecule has 0 aromatic heterocycles. The Balaban J connectivity index is 2.05. The van der Waals surface area contributed by atoms with Crippen LogP contribution in [0.5, 0.6) is 5.75 Å². The molecule has 1 unspecified atom stereocenters. The number of piperidine rings is 1. The Kier molecular flexibility index (Phi) is 6.98. The van der Waals surface area contributed by atoms with Crippen LogP contribution in [0, 0.1) is 11.8 Å². The van der Waals surface area contributed by atoms with Crippen LogP contribution in [0.2, 0.25) is 0 Å². The topological polar surface area (TPSA) is 98.7 Å². The lowest BCUT2D eigenvalue weighted by molar-refractivity contribution is -0.124. The number of aromatic hydroxyl groups is 1. The zero-order chi connectivity index (χ0) is 20.0. The molecule has 3 amide bonds. The van der Waals surface area contributed by atoms with Gasteiger partial charge < -0.3 is 20.6 Å². The molecule has 1 aromatic rings. The molecule has 3 N–H and O–H groups in total. The van der Waals surface area contributed by atoms with Crippen molar-refractivity contribution in [2.45, 2.75) is 26.7 Å². The third-order valence-corrected chi connectivity index (χ3v) is 4.58. The first-order chi connectivity index (χ1) is 12.8. The maximum Gasteiger partial charge on any atom is 0.257 e. The number of nitrogens with one attached hydrogen (secondary N) is 2. The van der Waals surface area contributed by atoms with Gasteiger partial charge in [-0.2, -0.15) is 0 Å². The molecule has 1 fully saturated rings. The number of amides is 3. The third kappa shape index (κ3) is 5.57. The van der Waals surface area contributed by atoms with E-state index in [1.165, 1.54) is 18.2 Å². The van der Waals surface area contributed by atoms with Crippen molar-refractivity contribution >= 4 is 23.4 Å².